The summed E-state index contributed by atoms with van der Waals surface area (Å²) in [6.07, 6.45) is -4.83. The van der Waals surface area contributed by atoms with Crippen LogP contribution in [0, 0.1) is 0 Å². The number of alkyl halides is 1. The zero-order valence-electron chi connectivity index (χ0n) is 15.0. The third-order valence-electron chi connectivity index (χ3n) is 4.84. The highest BCUT2D eigenvalue weighted by Gasteiger charge is 2.50. The van der Waals surface area contributed by atoms with Crippen molar-refractivity contribution in [3.8, 4) is 0 Å². The van der Waals surface area contributed by atoms with Crippen molar-refractivity contribution < 1.29 is 23.3 Å². The summed E-state index contributed by atoms with van der Waals surface area (Å²) in [5, 5.41) is 3.80. The smallest absolute Gasteiger partial charge is 0.226 e. The molecule has 28 heavy (non-hydrogen) atoms. The summed E-state index contributed by atoms with van der Waals surface area (Å²) in [5.74, 6) is 0. The molecule has 0 spiro atoms. The van der Waals surface area contributed by atoms with Crippen LogP contribution in [0.5, 0.6) is 0 Å². The fourth-order valence-electron chi connectivity index (χ4n) is 3.47. The predicted octanol–water partition coefficient (Wildman–Crippen LogP) is 4.06. The predicted molar refractivity (Wildman–Crippen MR) is 97.7 cm³/mol. The maximum atomic E-state index is 14.7. The van der Waals surface area contributed by atoms with Gasteiger partial charge in [-0.2, -0.15) is 0 Å². The molecule has 0 amide bonds. The Balaban J connectivity index is 1.52. The third-order valence-corrected chi connectivity index (χ3v) is 4.84. The second-order valence-electron chi connectivity index (χ2n) is 6.66. The van der Waals surface area contributed by atoms with E-state index in [-0.39, 0.29) is 13.2 Å². The van der Waals surface area contributed by atoms with Crippen LogP contribution in [0.25, 0.3) is 10.4 Å². The normalized spacial score (nSPS) is 32.2. The number of hydrogen-bond donors (Lipinski definition) is 0. The van der Waals surface area contributed by atoms with Gasteiger partial charge in [0.05, 0.1) is 19.3 Å². The Labute approximate surface area is 161 Å². The maximum Gasteiger partial charge on any atom is 0.226 e. The van der Waals surface area contributed by atoms with Crippen LogP contribution in [0.4, 0.5) is 4.39 Å². The Hall–Kier alpha value is -2.48. The first-order valence-corrected chi connectivity index (χ1v) is 9.07. The fourth-order valence-corrected chi connectivity index (χ4v) is 3.47. The second-order valence-corrected chi connectivity index (χ2v) is 6.66. The van der Waals surface area contributed by atoms with Gasteiger partial charge in [0, 0.05) is 10.5 Å². The summed E-state index contributed by atoms with van der Waals surface area (Å²) in [7, 11) is 0. The van der Waals surface area contributed by atoms with Crippen LogP contribution in [0.3, 0.4) is 0 Å². The van der Waals surface area contributed by atoms with Gasteiger partial charge in [-0.05, 0) is 11.1 Å². The molecule has 0 N–H and O–H groups in total. The summed E-state index contributed by atoms with van der Waals surface area (Å²) < 4.78 is 37.5. The van der Waals surface area contributed by atoms with Crippen LogP contribution in [0.15, 0.2) is 65.8 Å². The van der Waals surface area contributed by atoms with Gasteiger partial charge in [-0.1, -0.05) is 65.8 Å². The maximum absolute atomic E-state index is 14.7. The van der Waals surface area contributed by atoms with Gasteiger partial charge in [0.2, 0.25) is 6.36 Å². The Morgan fingerprint density at radius 3 is 2.50 bits per heavy atom. The monoisotopic (exact) mass is 385 g/mol. The molecule has 1 unspecified atom stereocenters. The van der Waals surface area contributed by atoms with Crippen LogP contribution in [0.1, 0.15) is 17.4 Å². The molecule has 2 aromatic rings. The van der Waals surface area contributed by atoms with Crippen molar-refractivity contribution in [1.29, 1.82) is 0 Å². The van der Waals surface area contributed by atoms with Crippen LogP contribution in [-0.2, 0) is 25.6 Å². The molecule has 2 fully saturated rings. The van der Waals surface area contributed by atoms with E-state index in [4.69, 9.17) is 24.5 Å². The molecule has 2 aromatic carbocycles. The molecule has 2 aliphatic heterocycles. The Morgan fingerprint density at radius 2 is 1.79 bits per heavy atom. The number of benzene rings is 2. The van der Waals surface area contributed by atoms with Gasteiger partial charge in [0.1, 0.15) is 18.3 Å². The zero-order chi connectivity index (χ0) is 19.3. The summed E-state index contributed by atoms with van der Waals surface area (Å²) >= 11 is 0. The van der Waals surface area contributed by atoms with Crippen molar-refractivity contribution in [2.24, 2.45) is 5.11 Å². The molecule has 6 atom stereocenters. The van der Waals surface area contributed by atoms with E-state index in [9.17, 15) is 4.39 Å². The van der Waals surface area contributed by atoms with E-state index in [0.29, 0.717) is 0 Å². The standard InChI is InChI=1S/C20H20FN3O4/c21-19-18(25-11-13-7-3-1-4-8-13)16(23-24-22)17-15(27-19)12-26-20(28-17)14-9-5-2-6-10-14/h1-10,15-20H,11-12H2/t15-,16+,17+,18+,19?,20+/m0/s1. The molecule has 2 heterocycles. The minimum Gasteiger partial charge on any atom is -0.367 e. The number of rotatable bonds is 5. The first kappa shape index (κ1) is 18.9. The van der Waals surface area contributed by atoms with E-state index in [1.54, 1.807) is 0 Å². The molecule has 146 valence electrons. The lowest BCUT2D eigenvalue weighted by Crippen LogP contribution is -2.60. The molecular weight excluding hydrogens is 365 g/mol. The van der Waals surface area contributed by atoms with Crippen molar-refractivity contribution >= 4 is 0 Å². The molecule has 0 saturated carbocycles. The highest BCUT2D eigenvalue weighted by atomic mass is 19.1. The molecule has 0 aliphatic carbocycles. The quantitative estimate of drug-likeness (QED) is 0.441. The van der Waals surface area contributed by atoms with E-state index in [0.717, 1.165) is 11.1 Å². The number of halogens is 1. The lowest BCUT2D eigenvalue weighted by atomic mass is 9.96. The van der Waals surface area contributed by atoms with Crippen molar-refractivity contribution in [2.75, 3.05) is 6.61 Å². The van der Waals surface area contributed by atoms with Crippen molar-refractivity contribution in [3.05, 3.63) is 82.2 Å². The summed E-state index contributed by atoms with van der Waals surface area (Å²) in [5.41, 5.74) is 10.7. The largest absolute Gasteiger partial charge is 0.367 e. The molecular formula is C20H20FN3O4. The van der Waals surface area contributed by atoms with Gasteiger partial charge in [-0.15, -0.1) is 0 Å². The van der Waals surface area contributed by atoms with Crippen molar-refractivity contribution in [1.82, 2.24) is 0 Å². The average molecular weight is 385 g/mol. The molecule has 7 nitrogen and oxygen atoms in total. The molecule has 2 aliphatic rings. The Kier molecular flexibility index (Phi) is 5.85. The van der Waals surface area contributed by atoms with E-state index < -0.39 is 37.0 Å². The van der Waals surface area contributed by atoms with Gasteiger partial charge < -0.3 is 18.9 Å². The number of azide groups is 1. The van der Waals surface area contributed by atoms with Gasteiger partial charge >= 0.3 is 0 Å². The molecule has 0 radical (unpaired) electrons. The van der Waals surface area contributed by atoms with E-state index in [1.807, 2.05) is 60.7 Å². The van der Waals surface area contributed by atoms with E-state index in [2.05, 4.69) is 10.0 Å². The third kappa shape index (κ3) is 4.01. The van der Waals surface area contributed by atoms with E-state index >= 15 is 0 Å². The zero-order valence-corrected chi connectivity index (χ0v) is 15.0. The first-order valence-electron chi connectivity index (χ1n) is 9.07. The summed E-state index contributed by atoms with van der Waals surface area (Å²) in [6.45, 7) is 0.302. The van der Waals surface area contributed by atoms with Crippen LogP contribution in [0.2, 0.25) is 0 Å². The molecule has 8 heteroatoms. The summed E-state index contributed by atoms with van der Waals surface area (Å²) in [6, 6.07) is 17.9. The van der Waals surface area contributed by atoms with Crippen LogP contribution >= 0.6 is 0 Å². The first-order chi connectivity index (χ1) is 13.8. The van der Waals surface area contributed by atoms with Crippen molar-refractivity contribution in [3.63, 3.8) is 0 Å². The highest BCUT2D eigenvalue weighted by molar-refractivity contribution is 5.17. The van der Waals surface area contributed by atoms with E-state index in [1.165, 1.54) is 0 Å². The minimum absolute atomic E-state index is 0.132. The molecule has 0 aromatic heterocycles. The number of ether oxygens (including phenoxy) is 4. The summed E-state index contributed by atoms with van der Waals surface area (Å²) in [4.78, 5) is 2.89. The number of fused-ring (bicyclic) bond motifs is 1. The van der Waals surface area contributed by atoms with Gasteiger partial charge in [-0.25, -0.2) is 4.39 Å². The van der Waals surface area contributed by atoms with Crippen LogP contribution < -0.4 is 0 Å². The number of nitrogens with zero attached hydrogens (tertiary/aromatic N) is 3. The lowest BCUT2D eigenvalue weighted by Gasteiger charge is -2.46. The highest BCUT2D eigenvalue weighted by Crippen LogP contribution is 2.36. The molecule has 2 saturated heterocycles. The minimum atomic E-state index is -1.75. The molecule has 0 bridgehead atoms. The van der Waals surface area contributed by atoms with Gasteiger partial charge in [-0.3, -0.25) is 0 Å². The topological polar surface area (TPSA) is 85.7 Å². The van der Waals surface area contributed by atoms with Gasteiger partial charge in [0.15, 0.2) is 6.29 Å². The van der Waals surface area contributed by atoms with Gasteiger partial charge in [0.25, 0.3) is 0 Å². The average Bonchev–Trinajstić information content (AvgIpc) is 2.74. The fraction of sp³-hybridized carbons (Fsp3) is 0.400. The lowest BCUT2D eigenvalue weighted by molar-refractivity contribution is -0.327. The number of hydrogen-bond acceptors (Lipinski definition) is 5. The molecule has 4 rings (SSSR count). The van der Waals surface area contributed by atoms with Crippen molar-refractivity contribution in [2.45, 2.75) is 43.6 Å². The SMILES string of the molecule is [N-]=[N+]=N[C@@H]1[C@@H]2O[C@H](c3ccccc3)OC[C@@H]2OC(F)[C@@H]1OCc1ccccc1. The second kappa shape index (κ2) is 8.68. The Bertz CT molecular complexity index is 819. The Morgan fingerprint density at radius 1 is 1.07 bits per heavy atom. The van der Waals surface area contributed by atoms with Crippen LogP contribution in [-0.4, -0.2) is 37.3 Å².